The molecule has 1 rings (SSSR count). The molecule has 0 aromatic heterocycles. The van der Waals surface area contributed by atoms with E-state index in [9.17, 15) is 0 Å². The number of nitrogens with zero attached hydrogens (tertiary/aromatic N) is 1. The van der Waals surface area contributed by atoms with Gasteiger partial charge in [-0.1, -0.05) is 26.1 Å². The lowest BCUT2D eigenvalue weighted by molar-refractivity contribution is 0.219. The van der Waals surface area contributed by atoms with Crippen LogP contribution in [-0.4, -0.2) is 41.2 Å². The summed E-state index contributed by atoms with van der Waals surface area (Å²) in [6.07, 6.45) is 3.31. The molecule has 4 heteroatoms. The molecule has 1 heterocycles. The van der Waals surface area contributed by atoms with E-state index in [2.05, 4.69) is 18.7 Å². The van der Waals surface area contributed by atoms with E-state index in [1.807, 2.05) is 0 Å². The van der Waals surface area contributed by atoms with E-state index in [0.717, 1.165) is 38.9 Å². The predicted octanol–water partition coefficient (Wildman–Crippen LogP) is 1.39. The van der Waals surface area contributed by atoms with Crippen LogP contribution >= 0.6 is 12.2 Å². The molecule has 0 spiro atoms. The van der Waals surface area contributed by atoms with E-state index in [4.69, 9.17) is 23.1 Å². The van der Waals surface area contributed by atoms with Gasteiger partial charge in [-0.3, -0.25) is 0 Å². The first-order valence-corrected chi connectivity index (χ1v) is 6.49. The number of hydrogen-bond acceptors (Lipinski definition) is 3. The fourth-order valence-electron chi connectivity index (χ4n) is 2.13. The molecule has 0 bridgehead atoms. The minimum atomic E-state index is -0.0224. The van der Waals surface area contributed by atoms with Gasteiger partial charge in [0.25, 0.3) is 0 Å². The zero-order valence-corrected chi connectivity index (χ0v) is 11.2. The van der Waals surface area contributed by atoms with Crippen LogP contribution in [0.15, 0.2) is 0 Å². The summed E-state index contributed by atoms with van der Waals surface area (Å²) in [5.41, 5.74) is 5.67. The Balaban J connectivity index is 2.19. The van der Waals surface area contributed by atoms with E-state index < -0.39 is 0 Å². The van der Waals surface area contributed by atoms with Gasteiger partial charge in [-0.15, -0.1) is 0 Å². The number of hydrogen-bond donors (Lipinski definition) is 2. The zero-order chi connectivity index (χ0) is 12.2. The molecule has 3 N–H and O–H groups in total. The molecule has 3 nitrogen and oxygen atoms in total. The van der Waals surface area contributed by atoms with Crippen LogP contribution in [0.4, 0.5) is 0 Å². The standard InChI is InChI=1S/C12H24N2OS/c1-12(2,11(13)16)5-3-6-14-7-4-10(8-14)9-15/h10,15H,3-9H2,1-2H3,(H2,13,16). The highest BCUT2D eigenvalue weighted by Crippen LogP contribution is 2.23. The highest BCUT2D eigenvalue weighted by molar-refractivity contribution is 7.80. The molecule has 0 amide bonds. The third-order valence-electron chi connectivity index (χ3n) is 3.57. The van der Waals surface area contributed by atoms with E-state index in [-0.39, 0.29) is 5.41 Å². The van der Waals surface area contributed by atoms with Gasteiger partial charge in [-0.05, 0) is 38.3 Å². The Bertz CT molecular complexity index is 243. The molecule has 0 aromatic rings. The van der Waals surface area contributed by atoms with Crippen molar-refractivity contribution in [3.05, 3.63) is 0 Å². The van der Waals surface area contributed by atoms with E-state index in [0.29, 0.717) is 17.5 Å². The van der Waals surface area contributed by atoms with Crippen molar-refractivity contribution in [1.29, 1.82) is 0 Å². The maximum atomic E-state index is 9.05. The minimum absolute atomic E-state index is 0.0224. The topological polar surface area (TPSA) is 49.5 Å². The number of likely N-dealkylation sites (tertiary alicyclic amines) is 1. The van der Waals surface area contributed by atoms with Crippen molar-refractivity contribution in [2.75, 3.05) is 26.2 Å². The molecule has 0 aromatic carbocycles. The van der Waals surface area contributed by atoms with Gasteiger partial charge in [-0.2, -0.15) is 0 Å². The molecule has 1 aliphatic rings. The molecule has 1 aliphatic heterocycles. The van der Waals surface area contributed by atoms with Gasteiger partial charge in [0, 0.05) is 18.6 Å². The van der Waals surface area contributed by atoms with Crippen LogP contribution in [0.5, 0.6) is 0 Å². The summed E-state index contributed by atoms with van der Waals surface area (Å²) in [5, 5.41) is 9.05. The largest absolute Gasteiger partial charge is 0.396 e. The number of nitrogens with two attached hydrogens (primary N) is 1. The second-order valence-electron chi connectivity index (χ2n) is 5.49. The maximum absolute atomic E-state index is 9.05. The SMILES string of the molecule is CC(C)(CCCN1CCC(CO)C1)C(N)=S. The van der Waals surface area contributed by atoms with Gasteiger partial charge in [-0.25, -0.2) is 0 Å². The first kappa shape index (κ1) is 13.9. The van der Waals surface area contributed by atoms with E-state index in [1.165, 1.54) is 0 Å². The quantitative estimate of drug-likeness (QED) is 0.693. The second kappa shape index (κ2) is 5.94. The summed E-state index contributed by atoms with van der Waals surface area (Å²) in [4.78, 5) is 3.04. The number of aliphatic hydroxyl groups is 1. The van der Waals surface area contributed by atoms with Crippen LogP contribution < -0.4 is 5.73 Å². The van der Waals surface area contributed by atoms with Gasteiger partial charge < -0.3 is 15.7 Å². The van der Waals surface area contributed by atoms with Gasteiger partial charge in [0.15, 0.2) is 0 Å². The van der Waals surface area contributed by atoms with Crippen molar-refractivity contribution in [1.82, 2.24) is 4.90 Å². The molecule has 1 unspecified atom stereocenters. The highest BCUT2D eigenvalue weighted by Gasteiger charge is 2.24. The Morgan fingerprint density at radius 3 is 2.75 bits per heavy atom. The summed E-state index contributed by atoms with van der Waals surface area (Å²) in [6.45, 7) is 7.81. The van der Waals surface area contributed by atoms with Crippen molar-refractivity contribution in [2.45, 2.75) is 33.1 Å². The van der Waals surface area contributed by atoms with Crippen LogP contribution in [-0.2, 0) is 0 Å². The first-order valence-electron chi connectivity index (χ1n) is 6.09. The summed E-state index contributed by atoms with van der Waals surface area (Å²) in [6, 6.07) is 0. The number of thiocarbonyl (C=S) groups is 1. The van der Waals surface area contributed by atoms with Crippen molar-refractivity contribution in [3.63, 3.8) is 0 Å². The minimum Gasteiger partial charge on any atom is -0.396 e. The lowest BCUT2D eigenvalue weighted by Gasteiger charge is -2.24. The fraction of sp³-hybridized carbons (Fsp3) is 0.917. The van der Waals surface area contributed by atoms with Crippen molar-refractivity contribution >= 4 is 17.2 Å². The lowest BCUT2D eigenvalue weighted by Crippen LogP contribution is -2.31. The lowest BCUT2D eigenvalue weighted by atomic mass is 9.88. The van der Waals surface area contributed by atoms with Crippen LogP contribution in [0.1, 0.15) is 33.1 Å². The van der Waals surface area contributed by atoms with Gasteiger partial charge in [0.2, 0.25) is 0 Å². The van der Waals surface area contributed by atoms with Crippen molar-refractivity contribution in [3.8, 4) is 0 Å². The first-order chi connectivity index (χ1) is 7.45. The molecule has 0 radical (unpaired) electrons. The highest BCUT2D eigenvalue weighted by atomic mass is 32.1. The summed E-state index contributed by atoms with van der Waals surface area (Å²) < 4.78 is 0. The Hall–Kier alpha value is -0.190. The molecule has 1 saturated heterocycles. The van der Waals surface area contributed by atoms with Crippen LogP contribution in [0.3, 0.4) is 0 Å². The Kier molecular flexibility index (Phi) is 5.15. The van der Waals surface area contributed by atoms with Crippen molar-refractivity contribution < 1.29 is 5.11 Å². The van der Waals surface area contributed by atoms with Gasteiger partial charge >= 0.3 is 0 Å². The van der Waals surface area contributed by atoms with Gasteiger partial charge in [0.05, 0.1) is 4.99 Å². The molecular formula is C12H24N2OS. The van der Waals surface area contributed by atoms with Crippen LogP contribution in [0.25, 0.3) is 0 Å². The van der Waals surface area contributed by atoms with E-state index >= 15 is 0 Å². The normalized spacial score (nSPS) is 22.6. The maximum Gasteiger partial charge on any atom is 0.0784 e. The Morgan fingerprint density at radius 2 is 2.25 bits per heavy atom. The molecule has 0 aliphatic carbocycles. The molecule has 94 valence electrons. The number of rotatable bonds is 6. The summed E-state index contributed by atoms with van der Waals surface area (Å²) >= 11 is 5.05. The van der Waals surface area contributed by atoms with Gasteiger partial charge in [0.1, 0.15) is 0 Å². The summed E-state index contributed by atoms with van der Waals surface area (Å²) in [7, 11) is 0. The Morgan fingerprint density at radius 1 is 1.56 bits per heavy atom. The molecule has 0 saturated carbocycles. The van der Waals surface area contributed by atoms with E-state index in [1.54, 1.807) is 0 Å². The second-order valence-corrected chi connectivity index (χ2v) is 5.93. The average molecular weight is 244 g/mol. The smallest absolute Gasteiger partial charge is 0.0784 e. The Labute approximate surface area is 104 Å². The molecule has 1 fully saturated rings. The molecule has 1 atom stereocenters. The van der Waals surface area contributed by atoms with Crippen LogP contribution in [0.2, 0.25) is 0 Å². The monoisotopic (exact) mass is 244 g/mol. The fourth-order valence-corrected chi connectivity index (χ4v) is 2.23. The molecular weight excluding hydrogens is 220 g/mol. The zero-order valence-electron chi connectivity index (χ0n) is 10.4. The van der Waals surface area contributed by atoms with Crippen LogP contribution in [0, 0.1) is 11.3 Å². The third kappa shape index (κ3) is 4.00. The summed E-state index contributed by atoms with van der Waals surface area (Å²) in [5.74, 6) is 0.489. The average Bonchev–Trinajstić information content (AvgIpc) is 2.65. The molecule has 16 heavy (non-hydrogen) atoms. The predicted molar refractivity (Wildman–Crippen MR) is 71.4 cm³/mol. The van der Waals surface area contributed by atoms with Crippen molar-refractivity contribution in [2.24, 2.45) is 17.1 Å². The number of aliphatic hydroxyl groups excluding tert-OH is 1. The third-order valence-corrected chi connectivity index (χ3v) is 4.12.